The van der Waals surface area contributed by atoms with E-state index < -0.39 is 5.83 Å². The Bertz CT molecular complexity index is 192. The molecule has 0 aromatic carbocycles. The molecule has 1 rings (SSSR count). The van der Waals surface area contributed by atoms with E-state index in [1.807, 2.05) is 0 Å². The topological polar surface area (TPSA) is 0 Å². The quantitative estimate of drug-likeness (QED) is 0.571. The van der Waals surface area contributed by atoms with Gasteiger partial charge in [0.2, 0.25) is 0 Å². The fourth-order valence-corrected chi connectivity index (χ4v) is 1.36. The summed E-state index contributed by atoms with van der Waals surface area (Å²) in [5, 5.41) is 0. The summed E-state index contributed by atoms with van der Waals surface area (Å²) >= 11 is 2.83. The normalized spacial score (nSPS) is 20.4. The van der Waals surface area contributed by atoms with Crippen LogP contribution in [0.5, 0.6) is 0 Å². The zero-order valence-corrected chi connectivity index (χ0v) is 7.13. The number of allylic oxidation sites excluding steroid dienone is 4. The molecule has 0 heterocycles. The second-order valence-electron chi connectivity index (χ2n) is 2.31. The highest BCUT2D eigenvalue weighted by molar-refractivity contribution is 9.12. The third kappa shape index (κ3) is 1.29. The Morgan fingerprint density at radius 3 is 2.40 bits per heavy atom. The van der Waals surface area contributed by atoms with E-state index in [9.17, 15) is 8.78 Å². The van der Waals surface area contributed by atoms with Crippen LogP contribution in [0.2, 0.25) is 0 Å². The molecule has 0 aromatic rings. The van der Waals surface area contributed by atoms with Crippen LogP contribution in [-0.4, -0.2) is 0 Å². The second-order valence-corrected chi connectivity index (χ2v) is 3.11. The van der Waals surface area contributed by atoms with Gasteiger partial charge in [-0.3, -0.25) is 0 Å². The summed E-state index contributed by atoms with van der Waals surface area (Å²) in [4.78, 5) is 0. The summed E-state index contributed by atoms with van der Waals surface area (Å²) in [6.07, 6.45) is 0.812. The molecule has 0 atom stereocenters. The average Bonchev–Trinajstić information content (AvgIpc) is 1.93. The Morgan fingerprint density at radius 2 is 1.90 bits per heavy atom. The van der Waals surface area contributed by atoms with Crippen molar-refractivity contribution in [2.24, 2.45) is 0 Å². The van der Waals surface area contributed by atoms with Gasteiger partial charge < -0.3 is 0 Å². The van der Waals surface area contributed by atoms with Gasteiger partial charge in [0.05, 0.1) is 4.48 Å². The Labute approximate surface area is 66.7 Å². The molecular formula is C7H7BrF2. The van der Waals surface area contributed by atoms with Gasteiger partial charge in [-0.1, -0.05) is 0 Å². The highest BCUT2D eigenvalue weighted by atomic mass is 79.9. The molecule has 0 amide bonds. The minimum atomic E-state index is -0.441. The number of hydrogen-bond donors (Lipinski definition) is 0. The first-order valence-corrected chi connectivity index (χ1v) is 3.82. The summed E-state index contributed by atoms with van der Waals surface area (Å²) in [6, 6.07) is 0. The molecule has 0 saturated carbocycles. The number of hydrogen-bond acceptors (Lipinski definition) is 0. The van der Waals surface area contributed by atoms with E-state index in [4.69, 9.17) is 0 Å². The maximum atomic E-state index is 12.8. The van der Waals surface area contributed by atoms with Crippen molar-refractivity contribution >= 4 is 15.9 Å². The van der Waals surface area contributed by atoms with E-state index in [1.165, 1.54) is 0 Å². The number of rotatable bonds is 0. The van der Waals surface area contributed by atoms with Crippen molar-refractivity contribution in [1.82, 2.24) is 0 Å². The van der Waals surface area contributed by atoms with Crippen LogP contribution < -0.4 is 0 Å². The fourth-order valence-electron chi connectivity index (χ4n) is 0.823. The Balaban J connectivity index is 3.01. The summed E-state index contributed by atoms with van der Waals surface area (Å²) in [5.41, 5.74) is 0.619. The monoisotopic (exact) mass is 208 g/mol. The van der Waals surface area contributed by atoms with E-state index in [0.29, 0.717) is 18.4 Å². The molecule has 0 aromatic heterocycles. The third-order valence-corrected chi connectivity index (χ3v) is 2.30. The Kier molecular flexibility index (Phi) is 2.24. The van der Waals surface area contributed by atoms with E-state index in [0.717, 1.165) is 0 Å². The van der Waals surface area contributed by atoms with Crippen molar-refractivity contribution in [2.45, 2.75) is 19.8 Å². The molecule has 1 aliphatic carbocycles. The highest BCUT2D eigenvalue weighted by Crippen LogP contribution is 2.34. The Hall–Kier alpha value is -0.180. The van der Waals surface area contributed by atoms with Crippen LogP contribution >= 0.6 is 15.9 Å². The lowest BCUT2D eigenvalue weighted by molar-refractivity contribution is 0.544. The average molecular weight is 209 g/mol. The number of halogens is 3. The van der Waals surface area contributed by atoms with Crippen LogP contribution in [0.25, 0.3) is 0 Å². The lowest BCUT2D eigenvalue weighted by atomic mass is 10.1. The molecule has 0 unspecified atom stereocenters. The van der Waals surface area contributed by atoms with Crippen molar-refractivity contribution < 1.29 is 8.78 Å². The lowest BCUT2D eigenvalue weighted by Gasteiger charge is -2.10. The van der Waals surface area contributed by atoms with Gasteiger partial charge in [0.15, 0.2) is 0 Å². The molecule has 0 radical (unpaired) electrons. The van der Waals surface area contributed by atoms with Crippen LogP contribution in [0.15, 0.2) is 21.7 Å². The first-order chi connectivity index (χ1) is 4.63. The molecule has 0 nitrogen and oxygen atoms in total. The summed E-state index contributed by atoms with van der Waals surface area (Å²) in [7, 11) is 0. The molecule has 0 N–H and O–H groups in total. The van der Waals surface area contributed by atoms with Crippen molar-refractivity contribution in [3.05, 3.63) is 21.7 Å². The van der Waals surface area contributed by atoms with Crippen LogP contribution in [0.3, 0.4) is 0 Å². The van der Waals surface area contributed by atoms with Gasteiger partial charge in [-0.05, 0) is 34.8 Å². The predicted molar refractivity (Wildman–Crippen MR) is 40.1 cm³/mol. The molecule has 56 valence electrons. The molecule has 0 saturated heterocycles. The SMILES string of the molecule is CC1=C(F)C(Br)=C(F)CC1. The zero-order chi connectivity index (χ0) is 7.72. The van der Waals surface area contributed by atoms with Crippen molar-refractivity contribution in [2.75, 3.05) is 0 Å². The Morgan fingerprint density at radius 1 is 1.30 bits per heavy atom. The first kappa shape index (κ1) is 7.92. The second kappa shape index (κ2) is 2.82. The maximum Gasteiger partial charge on any atom is 0.138 e. The molecule has 0 bridgehead atoms. The van der Waals surface area contributed by atoms with Gasteiger partial charge in [-0.15, -0.1) is 0 Å². The van der Waals surface area contributed by atoms with Gasteiger partial charge in [0.1, 0.15) is 11.7 Å². The van der Waals surface area contributed by atoms with Gasteiger partial charge in [0, 0.05) is 6.42 Å². The van der Waals surface area contributed by atoms with Crippen molar-refractivity contribution in [3.8, 4) is 0 Å². The van der Waals surface area contributed by atoms with E-state index in [2.05, 4.69) is 15.9 Å². The smallest absolute Gasteiger partial charge is 0.138 e. The minimum Gasteiger partial charge on any atom is -0.210 e. The van der Waals surface area contributed by atoms with Gasteiger partial charge in [-0.25, -0.2) is 8.78 Å². The summed E-state index contributed by atoms with van der Waals surface area (Å²) < 4.78 is 25.3. The summed E-state index contributed by atoms with van der Waals surface area (Å²) in [6.45, 7) is 1.67. The van der Waals surface area contributed by atoms with Gasteiger partial charge in [0.25, 0.3) is 0 Å². The van der Waals surface area contributed by atoms with E-state index in [-0.39, 0.29) is 10.3 Å². The molecule has 0 fully saturated rings. The third-order valence-electron chi connectivity index (χ3n) is 1.53. The van der Waals surface area contributed by atoms with E-state index >= 15 is 0 Å². The van der Waals surface area contributed by atoms with Crippen molar-refractivity contribution in [3.63, 3.8) is 0 Å². The van der Waals surface area contributed by atoms with Crippen molar-refractivity contribution in [1.29, 1.82) is 0 Å². The first-order valence-electron chi connectivity index (χ1n) is 3.02. The molecule has 1 aliphatic rings. The molecule has 3 heteroatoms. The van der Waals surface area contributed by atoms with Gasteiger partial charge in [-0.2, -0.15) is 0 Å². The zero-order valence-electron chi connectivity index (χ0n) is 5.55. The van der Waals surface area contributed by atoms with E-state index in [1.54, 1.807) is 6.92 Å². The molecule has 10 heavy (non-hydrogen) atoms. The van der Waals surface area contributed by atoms with Crippen LogP contribution in [-0.2, 0) is 0 Å². The fraction of sp³-hybridized carbons (Fsp3) is 0.429. The lowest BCUT2D eigenvalue weighted by Crippen LogP contribution is -1.94. The molecule has 0 aliphatic heterocycles. The largest absolute Gasteiger partial charge is 0.210 e. The summed E-state index contributed by atoms with van der Waals surface area (Å²) in [5.74, 6) is -0.827. The maximum absolute atomic E-state index is 12.8. The highest BCUT2D eigenvalue weighted by Gasteiger charge is 2.16. The minimum absolute atomic E-state index is 0.00347. The standard InChI is InChI=1S/C7H7BrF2/c1-4-2-3-5(9)6(8)7(4)10/h2-3H2,1H3. The molecular weight excluding hydrogens is 202 g/mol. The van der Waals surface area contributed by atoms with Crippen LogP contribution in [0, 0.1) is 0 Å². The van der Waals surface area contributed by atoms with Crippen LogP contribution in [0.1, 0.15) is 19.8 Å². The molecule has 0 spiro atoms. The van der Waals surface area contributed by atoms with Crippen LogP contribution in [0.4, 0.5) is 8.78 Å². The van der Waals surface area contributed by atoms with Gasteiger partial charge >= 0.3 is 0 Å². The predicted octanol–water partition coefficient (Wildman–Crippen LogP) is 3.60.